The van der Waals surface area contributed by atoms with Crippen LogP contribution in [0.5, 0.6) is 0 Å². The summed E-state index contributed by atoms with van der Waals surface area (Å²) in [5, 5.41) is -1.60. The van der Waals surface area contributed by atoms with Gasteiger partial charge in [-0.25, -0.2) is 8.42 Å². The third-order valence-corrected chi connectivity index (χ3v) is 6.28. The van der Waals surface area contributed by atoms with E-state index in [0.717, 1.165) is 24.8 Å². The molecule has 1 atom stereocenters. The van der Waals surface area contributed by atoms with E-state index in [1.54, 1.807) is 24.3 Å². The van der Waals surface area contributed by atoms with Crippen molar-refractivity contribution in [2.24, 2.45) is 0 Å². The summed E-state index contributed by atoms with van der Waals surface area (Å²) >= 11 is 0. The molecule has 0 aromatic heterocycles. The molecule has 7 heteroatoms. The number of esters is 1. The molecule has 166 valence electrons. The van der Waals surface area contributed by atoms with Gasteiger partial charge >= 0.3 is 35.5 Å². The van der Waals surface area contributed by atoms with E-state index >= 15 is 0 Å². The average Bonchev–Trinajstić information content (AvgIpc) is 2.69. The number of rotatable bonds is 17. The first-order chi connectivity index (χ1) is 13.9. The second kappa shape index (κ2) is 18.2. The van der Waals surface area contributed by atoms with Crippen molar-refractivity contribution in [3.8, 4) is 0 Å². The average molecular weight is 449 g/mol. The number of ether oxygens (including phenoxy) is 1. The topological polar surface area (TPSA) is 83.5 Å². The van der Waals surface area contributed by atoms with Gasteiger partial charge in [-0.3, -0.25) is 4.79 Å². The second-order valence-electron chi connectivity index (χ2n) is 7.75. The molecule has 5 nitrogen and oxygen atoms in total. The Balaban J connectivity index is 0.00000841. The number of hydrogen-bond donors (Lipinski definition) is 0. The van der Waals surface area contributed by atoms with E-state index in [9.17, 15) is 17.8 Å². The number of unbranched alkanes of at least 4 members (excludes halogenated alkanes) is 11. The molecule has 0 bridgehead atoms. The quantitative estimate of drug-likeness (QED) is 0.158. The Kier molecular flexibility index (Phi) is 18.0. The third kappa shape index (κ3) is 14.6. The monoisotopic (exact) mass is 448 g/mol. The largest absolute Gasteiger partial charge is 1.00 e. The van der Waals surface area contributed by atoms with Crippen molar-refractivity contribution in [1.82, 2.24) is 0 Å². The molecule has 1 aromatic carbocycles. The first-order valence-electron chi connectivity index (χ1n) is 11.1. The molecule has 30 heavy (non-hydrogen) atoms. The van der Waals surface area contributed by atoms with Gasteiger partial charge < -0.3 is 9.29 Å². The van der Waals surface area contributed by atoms with Crippen molar-refractivity contribution in [2.75, 3.05) is 0 Å². The van der Waals surface area contributed by atoms with Crippen LogP contribution in [0.25, 0.3) is 0 Å². The van der Waals surface area contributed by atoms with Crippen molar-refractivity contribution in [2.45, 2.75) is 102 Å². The van der Waals surface area contributed by atoms with Gasteiger partial charge in [-0.2, -0.15) is 0 Å². The van der Waals surface area contributed by atoms with Crippen LogP contribution in [0.1, 0.15) is 96.0 Å². The van der Waals surface area contributed by atoms with E-state index in [2.05, 4.69) is 6.92 Å². The van der Waals surface area contributed by atoms with E-state index < -0.39 is 21.3 Å². The van der Waals surface area contributed by atoms with Crippen molar-refractivity contribution < 1.29 is 52.1 Å². The van der Waals surface area contributed by atoms with E-state index in [0.29, 0.717) is 6.42 Å². The molecule has 0 aliphatic carbocycles. The molecule has 0 amide bonds. The number of hydrogen-bond acceptors (Lipinski definition) is 5. The molecule has 0 heterocycles. The third-order valence-electron chi connectivity index (χ3n) is 5.16. The van der Waals surface area contributed by atoms with Gasteiger partial charge in [-0.05, 0) is 12.0 Å². The van der Waals surface area contributed by atoms with Crippen LogP contribution in [0.15, 0.2) is 30.3 Å². The second-order valence-corrected chi connectivity index (χ2v) is 9.31. The Morgan fingerprint density at radius 2 is 1.33 bits per heavy atom. The number of carbonyl (C=O) groups excluding carboxylic acids is 1. The maximum atomic E-state index is 12.1. The van der Waals surface area contributed by atoms with E-state index in [1.165, 1.54) is 51.4 Å². The molecule has 0 saturated heterocycles. The summed E-state index contributed by atoms with van der Waals surface area (Å²) in [5.74, 6) is -0.938. The summed E-state index contributed by atoms with van der Waals surface area (Å²) in [6.45, 7) is 2.20. The van der Waals surface area contributed by atoms with E-state index in [4.69, 9.17) is 4.74 Å². The van der Waals surface area contributed by atoms with Crippen LogP contribution in [-0.2, 0) is 26.3 Å². The Morgan fingerprint density at radius 1 is 0.867 bits per heavy atom. The summed E-state index contributed by atoms with van der Waals surface area (Å²) in [4.78, 5) is 12.1. The maximum absolute atomic E-state index is 12.1. The Morgan fingerprint density at radius 3 is 1.80 bits per heavy atom. The predicted octanol–water partition coefficient (Wildman–Crippen LogP) is 2.74. The summed E-state index contributed by atoms with van der Waals surface area (Å²) in [6, 6.07) is 9.00. The zero-order chi connectivity index (χ0) is 21.4. The van der Waals surface area contributed by atoms with Crippen LogP contribution in [0.2, 0.25) is 0 Å². The van der Waals surface area contributed by atoms with Gasteiger partial charge in [0.1, 0.15) is 22.0 Å². The van der Waals surface area contributed by atoms with Gasteiger partial charge in [-0.15, -0.1) is 0 Å². The molecular formula is C23H37NaO5S. The summed E-state index contributed by atoms with van der Waals surface area (Å²) in [7, 11) is -4.71. The van der Waals surface area contributed by atoms with Gasteiger partial charge in [0.25, 0.3) is 0 Å². The van der Waals surface area contributed by atoms with Crippen LogP contribution < -0.4 is 29.6 Å². The fourth-order valence-corrected chi connectivity index (χ4v) is 4.13. The number of benzene rings is 1. The SMILES string of the molecule is CCCCCCCCCCCCCCC(C(=O)OCc1ccccc1)S(=O)(=O)[O-].[Na+]. The van der Waals surface area contributed by atoms with Crippen molar-refractivity contribution >= 4 is 16.1 Å². The first-order valence-corrected chi connectivity index (χ1v) is 12.6. The van der Waals surface area contributed by atoms with Gasteiger partial charge in [-0.1, -0.05) is 114 Å². The van der Waals surface area contributed by atoms with Crippen molar-refractivity contribution in [3.63, 3.8) is 0 Å². The Hall–Kier alpha value is -0.400. The standard InChI is InChI=1S/C23H38O5S.Na/c1-2-3-4-5-6-7-8-9-10-11-12-16-19-22(29(25,26)27)23(24)28-20-21-17-14-13-15-18-21;/h13-15,17-18,22H,2-12,16,19-20H2,1H3,(H,25,26,27);/q;+1/p-1. The summed E-state index contributed by atoms with van der Waals surface area (Å²) in [5.41, 5.74) is 0.758. The van der Waals surface area contributed by atoms with Gasteiger partial charge in [0.05, 0.1) is 0 Å². The van der Waals surface area contributed by atoms with Crippen molar-refractivity contribution in [1.29, 1.82) is 0 Å². The molecule has 0 saturated carbocycles. The molecule has 1 aromatic rings. The van der Waals surface area contributed by atoms with Crippen LogP contribution in [0.3, 0.4) is 0 Å². The summed E-state index contributed by atoms with van der Waals surface area (Å²) in [6.07, 6.45) is 13.8. The van der Waals surface area contributed by atoms with E-state index in [1.807, 2.05) is 6.07 Å². The molecule has 0 spiro atoms. The smallest absolute Gasteiger partial charge is 0.747 e. The minimum absolute atomic E-state index is 0. The van der Waals surface area contributed by atoms with Crippen LogP contribution in [0.4, 0.5) is 0 Å². The Labute approximate surface area is 205 Å². The zero-order valence-corrected chi connectivity index (χ0v) is 21.6. The zero-order valence-electron chi connectivity index (χ0n) is 18.8. The number of carbonyl (C=O) groups is 1. The minimum Gasteiger partial charge on any atom is -0.747 e. The molecular weight excluding hydrogens is 411 g/mol. The fraction of sp³-hybridized carbons (Fsp3) is 0.696. The maximum Gasteiger partial charge on any atom is 1.00 e. The van der Waals surface area contributed by atoms with Gasteiger partial charge in [0.2, 0.25) is 0 Å². The van der Waals surface area contributed by atoms with E-state index in [-0.39, 0.29) is 42.6 Å². The van der Waals surface area contributed by atoms with Crippen LogP contribution >= 0.6 is 0 Å². The molecule has 0 radical (unpaired) electrons. The van der Waals surface area contributed by atoms with Crippen molar-refractivity contribution in [3.05, 3.63) is 35.9 Å². The normalized spacial score (nSPS) is 12.2. The molecule has 0 aliphatic heterocycles. The van der Waals surface area contributed by atoms with Crippen LogP contribution in [0, 0.1) is 0 Å². The fourth-order valence-electron chi connectivity index (χ4n) is 3.37. The molecule has 1 rings (SSSR count). The van der Waals surface area contributed by atoms with Gasteiger partial charge in [0.15, 0.2) is 0 Å². The molecule has 0 fully saturated rings. The van der Waals surface area contributed by atoms with Gasteiger partial charge in [0, 0.05) is 0 Å². The molecule has 1 unspecified atom stereocenters. The minimum atomic E-state index is -4.71. The Bertz CT molecular complexity index is 649. The first kappa shape index (κ1) is 29.6. The summed E-state index contributed by atoms with van der Waals surface area (Å²) < 4.78 is 39.4. The molecule has 0 aliphatic rings. The predicted molar refractivity (Wildman–Crippen MR) is 115 cm³/mol. The van der Waals surface area contributed by atoms with Crippen LogP contribution in [-0.4, -0.2) is 24.2 Å². The molecule has 0 N–H and O–H groups in total.